The van der Waals surface area contributed by atoms with Gasteiger partial charge >= 0.3 is 0 Å². The molecular weight excluding hydrogens is 214 g/mol. The number of nitrogens with zero attached hydrogens (tertiary/aromatic N) is 2. The normalized spacial score (nSPS) is 16.9. The Balaban J connectivity index is 1.99. The molecule has 1 fully saturated rings. The highest BCUT2D eigenvalue weighted by Crippen LogP contribution is 2.19. The van der Waals surface area contributed by atoms with E-state index in [0.29, 0.717) is 12.6 Å². The highest BCUT2D eigenvalue weighted by atomic mass is 16.3. The van der Waals surface area contributed by atoms with Gasteiger partial charge in [-0.2, -0.15) is 5.10 Å². The number of hydrogen-bond acceptors (Lipinski definition) is 3. The van der Waals surface area contributed by atoms with Gasteiger partial charge in [-0.3, -0.25) is 4.68 Å². The molecule has 1 aliphatic carbocycles. The second-order valence-electron chi connectivity index (χ2n) is 4.96. The van der Waals surface area contributed by atoms with Crippen molar-refractivity contribution in [2.24, 2.45) is 0 Å². The summed E-state index contributed by atoms with van der Waals surface area (Å²) in [6.07, 6.45) is 5.34. The van der Waals surface area contributed by atoms with E-state index in [0.717, 1.165) is 12.2 Å². The molecule has 0 aliphatic heterocycles. The zero-order valence-electron chi connectivity index (χ0n) is 10.9. The largest absolute Gasteiger partial charge is 0.394 e. The van der Waals surface area contributed by atoms with E-state index in [2.05, 4.69) is 17.3 Å². The van der Waals surface area contributed by atoms with Crippen LogP contribution in [-0.2, 0) is 13.1 Å². The fraction of sp³-hybridized carbons (Fsp3) is 0.769. The Morgan fingerprint density at radius 3 is 2.71 bits per heavy atom. The van der Waals surface area contributed by atoms with Crippen molar-refractivity contribution in [3.8, 4) is 0 Å². The molecule has 4 heteroatoms. The van der Waals surface area contributed by atoms with Gasteiger partial charge in [0.2, 0.25) is 0 Å². The Morgan fingerprint density at radius 1 is 1.35 bits per heavy atom. The third-order valence-electron chi connectivity index (χ3n) is 3.77. The average molecular weight is 237 g/mol. The molecule has 1 aromatic heterocycles. The van der Waals surface area contributed by atoms with Crippen molar-refractivity contribution in [1.29, 1.82) is 0 Å². The first-order chi connectivity index (χ1) is 8.22. The minimum absolute atomic E-state index is 0.150. The van der Waals surface area contributed by atoms with Crippen LogP contribution >= 0.6 is 0 Å². The fourth-order valence-corrected chi connectivity index (χ4v) is 2.68. The SMILES string of the molecule is Cc1nn(CCO)c(C)c1CNC1CCCC1. The minimum atomic E-state index is 0.150. The number of aryl methyl sites for hydroxylation is 1. The molecule has 96 valence electrons. The molecule has 0 unspecified atom stereocenters. The maximum Gasteiger partial charge on any atom is 0.0644 e. The Morgan fingerprint density at radius 2 is 2.06 bits per heavy atom. The van der Waals surface area contributed by atoms with Crippen LogP contribution in [0.5, 0.6) is 0 Å². The monoisotopic (exact) mass is 237 g/mol. The van der Waals surface area contributed by atoms with Crippen LogP contribution in [-0.4, -0.2) is 27.5 Å². The molecule has 0 aromatic carbocycles. The maximum atomic E-state index is 8.97. The molecule has 2 rings (SSSR count). The second kappa shape index (κ2) is 5.65. The van der Waals surface area contributed by atoms with E-state index in [-0.39, 0.29) is 6.61 Å². The van der Waals surface area contributed by atoms with Gasteiger partial charge in [0, 0.05) is 23.8 Å². The molecule has 0 bridgehead atoms. The predicted octanol–water partition coefficient (Wildman–Crippen LogP) is 1.52. The lowest BCUT2D eigenvalue weighted by atomic mass is 10.1. The van der Waals surface area contributed by atoms with Crippen LogP contribution in [0, 0.1) is 13.8 Å². The zero-order chi connectivity index (χ0) is 12.3. The molecular formula is C13H23N3O. The van der Waals surface area contributed by atoms with Gasteiger partial charge in [-0.05, 0) is 26.7 Å². The highest BCUT2D eigenvalue weighted by molar-refractivity contribution is 5.24. The quantitative estimate of drug-likeness (QED) is 0.816. The summed E-state index contributed by atoms with van der Waals surface area (Å²) >= 11 is 0. The fourth-order valence-electron chi connectivity index (χ4n) is 2.68. The minimum Gasteiger partial charge on any atom is -0.394 e. The third-order valence-corrected chi connectivity index (χ3v) is 3.77. The lowest BCUT2D eigenvalue weighted by Crippen LogP contribution is -2.25. The van der Waals surface area contributed by atoms with Crippen molar-refractivity contribution < 1.29 is 5.11 Å². The predicted molar refractivity (Wildman–Crippen MR) is 67.9 cm³/mol. The van der Waals surface area contributed by atoms with Gasteiger partial charge in [-0.25, -0.2) is 0 Å². The summed E-state index contributed by atoms with van der Waals surface area (Å²) in [7, 11) is 0. The standard InChI is InChI=1S/C13H23N3O/c1-10-13(9-14-12-5-3-4-6-12)11(2)16(15-10)7-8-17/h12,14,17H,3-9H2,1-2H3. The number of aromatic nitrogens is 2. The molecule has 0 atom stereocenters. The van der Waals surface area contributed by atoms with Crippen LogP contribution in [0.15, 0.2) is 0 Å². The van der Waals surface area contributed by atoms with Gasteiger partial charge in [-0.1, -0.05) is 12.8 Å². The van der Waals surface area contributed by atoms with E-state index in [4.69, 9.17) is 5.11 Å². The van der Waals surface area contributed by atoms with Gasteiger partial charge in [0.15, 0.2) is 0 Å². The molecule has 0 saturated heterocycles. The van der Waals surface area contributed by atoms with Crippen LogP contribution in [0.25, 0.3) is 0 Å². The Bertz CT molecular complexity index is 367. The lowest BCUT2D eigenvalue weighted by molar-refractivity contribution is 0.267. The van der Waals surface area contributed by atoms with Crippen LogP contribution < -0.4 is 5.32 Å². The number of aliphatic hydroxyl groups excluding tert-OH is 1. The van der Waals surface area contributed by atoms with E-state index in [1.54, 1.807) is 0 Å². The first-order valence-corrected chi connectivity index (χ1v) is 6.59. The van der Waals surface area contributed by atoms with Crippen LogP contribution in [0.3, 0.4) is 0 Å². The highest BCUT2D eigenvalue weighted by Gasteiger charge is 2.16. The van der Waals surface area contributed by atoms with Crippen molar-refractivity contribution in [3.63, 3.8) is 0 Å². The van der Waals surface area contributed by atoms with Gasteiger partial charge in [0.25, 0.3) is 0 Å². The van der Waals surface area contributed by atoms with Crippen molar-refractivity contribution in [3.05, 3.63) is 17.0 Å². The molecule has 2 N–H and O–H groups in total. The molecule has 1 aliphatic rings. The lowest BCUT2D eigenvalue weighted by Gasteiger charge is -2.12. The van der Waals surface area contributed by atoms with Crippen LogP contribution in [0.2, 0.25) is 0 Å². The number of rotatable bonds is 5. The van der Waals surface area contributed by atoms with Crippen molar-refractivity contribution >= 4 is 0 Å². The molecule has 17 heavy (non-hydrogen) atoms. The first-order valence-electron chi connectivity index (χ1n) is 6.59. The number of hydrogen-bond donors (Lipinski definition) is 2. The van der Waals surface area contributed by atoms with Gasteiger partial charge < -0.3 is 10.4 Å². The summed E-state index contributed by atoms with van der Waals surface area (Å²) in [4.78, 5) is 0. The van der Waals surface area contributed by atoms with E-state index in [9.17, 15) is 0 Å². The van der Waals surface area contributed by atoms with E-state index >= 15 is 0 Å². The summed E-state index contributed by atoms with van der Waals surface area (Å²) in [5.74, 6) is 0. The van der Waals surface area contributed by atoms with Gasteiger partial charge in [-0.15, -0.1) is 0 Å². The zero-order valence-corrected chi connectivity index (χ0v) is 10.9. The number of nitrogens with one attached hydrogen (secondary N) is 1. The van der Waals surface area contributed by atoms with Gasteiger partial charge in [0.05, 0.1) is 18.8 Å². The summed E-state index contributed by atoms with van der Waals surface area (Å²) in [5, 5.41) is 17.1. The van der Waals surface area contributed by atoms with Crippen molar-refractivity contribution in [2.45, 2.75) is 58.7 Å². The first kappa shape index (κ1) is 12.6. The van der Waals surface area contributed by atoms with Crippen LogP contribution in [0.4, 0.5) is 0 Å². The number of aliphatic hydroxyl groups is 1. The average Bonchev–Trinajstić information content (AvgIpc) is 2.88. The molecule has 0 radical (unpaired) electrons. The second-order valence-corrected chi connectivity index (χ2v) is 4.96. The Hall–Kier alpha value is -0.870. The Kier molecular flexibility index (Phi) is 4.18. The van der Waals surface area contributed by atoms with Gasteiger partial charge in [0.1, 0.15) is 0 Å². The molecule has 1 heterocycles. The Labute approximate surface area is 103 Å². The summed E-state index contributed by atoms with van der Waals surface area (Å²) in [5.41, 5.74) is 3.56. The molecule has 4 nitrogen and oxygen atoms in total. The van der Waals surface area contributed by atoms with Crippen LogP contribution in [0.1, 0.15) is 42.6 Å². The topological polar surface area (TPSA) is 50.1 Å². The smallest absolute Gasteiger partial charge is 0.0644 e. The van der Waals surface area contributed by atoms with E-state index in [1.807, 2.05) is 11.6 Å². The molecule has 0 spiro atoms. The molecule has 1 aromatic rings. The third kappa shape index (κ3) is 2.87. The molecule has 1 saturated carbocycles. The maximum absolute atomic E-state index is 8.97. The summed E-state index contributed by atoms with van der Waals surface area (Å²) in [6, 6.07) is 0.690. The molecule has 0 amide bonds. The summed E-state index contributed by atoms with van der Waals surface area (Å²) in [6.45, 7) is 5.79. The van der Waals surface area contributed by atoms with Crippen molar-refractivity contribution in [2.75, 3.05) is 6.61 Å². The summed E-state index contributed by atoms with van der Waals surface area (Å²) < 4.78 is 1.90. The van der Waals surface area contributed by atoms with E-state index < -0.39 is 0 Å². The van der Waals surface area contributed by atoms with E-state index in [1.165, 1.54) is 36.9 Å². The van der Waals surface area contributed by atoms with Crippen molar-refractivity contribution in [1.82, 2.24) is 15.1 Å².